The van der Waals surface area contributed by atoms with Crippen LogP contribution >= 0.6 is 49.7 Å². The topological polar surface area (TPSA) is 47.6 Å². The Bertz CT molecular complexity index is 82.1. The van der Waals surface area contributed by atoms with Gasteiger partial charge in [0.1, 0.15) is 0 Å². The zero-order valence-electron chi connectivity index (χ0n) is 5.43. The van der Waals surface area contributed by atoms with Gasteiger partial charge in [-0.2, -0.15) is 25.3 Å². The van der Waals surface area contributed by atoms with Crippen molar-refractivity contribution in [3.8, 4) is 0 Å². The van der Waals surface area contributed by atoms with E-state index in [0.29, 0.717) is 0 Å². The molecule has 0 heterocycles. The number of thiocarbonyl (C=S) groups is 2. The first-order valence-corrected chi connectivity index (χ1v) is 3.07. The smallest absolute Gasteiger partial charge is 0 e. The van der Waals surface area contributed by atoms with Gasteiger partial charge < -0.3 is 11.5 Å². The minimum Gasteiger partial charge on any atom is -0.684 e. The van der Waals surface area contributed by atoms with E-state index < -0.39 is 0 Å². The fraction of sp³-hybridized carbons (Fsp3) is 0. The molecule has 0 spiro atoms. The molecule has 0 aromatic rings. The second kappa shape index (κ2) is 22.8. The molecule has 0 aromatic carbocycles. The molecule has 11 heavy (non-hydrogen) atoms. The minimum absolute atomic E-state index is 0. The van der Waals surface area contributed by atoms with Gasteiger partial charge in [0.05, 0.1) is 0 Å². The van der Waals surface area contributed by atoms with E-state index in [-0.39, 0.29) is 64.7 Å². The maximum absolute atomic E-state index is 6.18. The molecule has 0 saturated carbocycles. The van der Waals surface area contributed by atoms with Crippen LogP contribution in [0.4, 0.5) is 0 Å². The zero-order valence-corrected chi connectivity index (χ0v) is 15.7. The third-order valence-electron chi connectivity index (χ3n) is 0. The van der Waals surface area contributed by atoms with Crippen molar-refractivity contribution in [1.82, 2.24) is 0 Å². The van der Waals surface area contributed by atoms with Crippen molar-refractivity contribution in [3.05, 3.63) is 11.5 Å². The summed E-state index contributed by atoms with van der Waals surface area (Å²) in [5, 5.41) is 0. The van der Waals surface area contributed by atoms with Crippen molar-refractivity contribution in [3.63, 3.8) is 0 Å². The number of hydrogen-bond donors (Lipinski definition) is 2. The zero-order chi connectivity index (χ0) is 7.15. The van der Waals surface area contributed by atoms with Crippen LogP contribution in [-0.4, -0.2) is 8.64 Å². The van der Waals surface area contributed by atoms with Crippen molar-refractivity contribution >= 4 is 58.3 Å². The third-order valence-corrected chi connectivity index (χ3v) is 0. The molecular formula is C2H4CuN2S4Zn2-2. The summed E-state index contributed by atoms with van der Waals surface area (Å²) in [6.07, 6.45) is 0. The van der Waals surface area contributed by atoms with Gasteiger partial charge in [-0.3, -0.25) is 0 Å². The molecule has 0 bridgehead atoms. The second-order valence-corrected chi connectivity index (χ2v) is 2.93. The SMILES string of the molecule is [Cu].[NH-]C(=S)S.[NH-]C(=S)S.[Zn].[Zn]. The Balaban J connectivity index is -0.0000000171. The summed E-state index contributed by atoms with van der Waals surface area (Å²) in [5.74, 6) is 0. The summed E-state index contributed by atoms with van der Waals surface area (Å²) in [5.41, 5.74) is 12.4. The van der Waals surface area contributed by atoms with Crippen molar-refractivity contribution in [2.45, 2.75) is 0 Å². The summed E-state index contributed by atoms with van der Waals surface area (Å²) < 4.78 is -0.111. The maximum atomic E-state index is 6.18. The molecule has 9 heteroatoms. The first kappa shape index (κ1) is 29.2. The van der Waals surface area contributed by atoms with Crippen molar-refractivity contribution < 1.29 is 56.0 Å². The van der Waals surface area contributed by atoms with Gasteiger partial charge in [-0.05, 0) is 8.64 Å². The van der Waals surface area contributed by atoms with Crippen molar-refractivity contribution in [1.29, 1.82) is 0 Å². The molecule has 0 amide bonds. The normalized spacial score (nSPS) is 4.55. The van der Waals surface area contributed by atoms with Crippen LogP contribution < -0.4 is 0 Å². The molecule has 2 nitrogen and oxygen atoms in total. The van der Waals surface area contributed by atoms with Crippen LogP contribution in [0.25, 0.3) is 11.5 Å². The number of nitrogens with one attached hydrogen (secondary N) is 2. The molecule has 0 saturated heterocycles. The van der Waals surface area contributed by atoms with Crippen LogP contribution in [-0.2, 0) is 56.0 Å². The van der Waals surface area contributed by atoms with Crippen LogP contribution in [0.15, 0.2) is 0 Å². The van der Waals surface area contributed by atoms with Gasteiger partial charge in [0, 0.05) is 56.0 Å². The summed E-state index contributed by atoms with van der Waals surface area (Å²) >= 11 is 14.9. The van der Waals surface area contributed by atoms with Gasteiger partial charge in [0.25, 0.3) is 0 Å². The minimum atomic E-state index is -0.0556. The van der Waals surface area contributed by atoms with Gasteiger partial charge >= 0.3 is 0 Å². The molecule has 0 fully saturated rings. The molecule has 0 unspecified atom stereocenters. The third kappa shape index (κ3) is 255. The number of thiol groups is 2. The molecule has 0 atom stereocenters. The standard InChI is InChI=1S/2CH3NS2.Cu.2Zn/c2*2-1(3)4;;;/h2*(H3,2,3,4);;;/p-2. The second-order valence-electron chi connectivity index (χ2n) is 0.610. The van der Waals surface area contributed by atoms with Crippen LogP contribution in [0.3, 0.4) is 0 Å². The maximum Gasteiger partial charge on any atom is 0 e. The molecule has 0 aliphatic heterocycles. The molecule has 0 aliphatic carbocycles. The Hall–Kier alpha value is 2.25. The molecule has 0 aliphatic rings. The van der Waals surface area contributed by atoms with E-state index >= 15 is 0 Å². The van der Waals surface area contributed by atoms with Gasteiger partial charge in [-0.1, -0.05) is 24.4 Å². The van der Waals surface area contributed by atoms with E-state index in [2.05, 4.69) is 49.7 Å². The Morgan fingerprint density at radius 3 is 0.909 bits per heavy atom. The molecule has 0 aromatic heterocycles. The van der Waals surface area contributed by atoms with Gasteiger partial charge in [-0.25, -0.2) is 0 Å². The molecular weight excluding hydrogens is 375 g/mol. The predicted molar refractivity (Wildman–Crippen MR) is 51.8 cm³/mol. The fourth-order valence-electron chi connectivity index (χ4n) is 0. The van der Waals surface area contributed by atoms with Crippen LogP contribution in [0, 0.1) is 0 Å². The van der Waals surface area contributed by atoms with Crippen molar-refractivity contribution in [2.75, 3.05) is 0 Å². The Kier molecular flexibility index (Phi) is 60.5. The van der Waals surface area contributed by atoms with E-state index in [1.165, 1.54) is 0 Å². The Labute approximate surface area is 124 Å². The summed E-state index contributed by atoms with van der Waals surface area (Å²) in [4.78, 5) is 0. The first-order chi connectivity index (χ1) is 3.46. The summed E-state index contributed by atoms with van der Waals surface area (Å²) in [6, 6.07) is 0. The molecule has 0 rings (SSSR count). The van der Waals surface area contributed by atoms with Gasteiger partial charge in [-0.15, -0.1) is 0 Å². The van der Waals surface area contributed by atoms with E-state index in [0.717, 1.165) is 0 Å². The van der Waals surface area contributed by atoms with Crippen LogP contribution in [0.5, 0.6) is 0 Å². The van der Waals surface area contributed by atoms with Crippen molar-refractivity contribution in [2.24, 2.45) is 0 Å². The molecule has 63 valence electrons. The first-order valence-electron chi connectivity index (χ1n) is 1.36. The number of hydrogen-bond acceptors (Lipinski definition) is 2. The average molecular weight is 379 g/mol. The number of rotatable bonds is 0. The van der Waals surface area contributed by atoms with E-state index in [1.54, 1.807) is 0 Å². The Morgan fingerprint density at radius 1 is 0.909 bits per heavy atom. The summed E-state index contributed by atoms with van der Waals surface area (Å²) in [7, 11) is 0. The van der Waals surface area contributed by atoms with Gasteiger partial charge in [0.2, 0.25) is 0 Å². The molecule has 2 N–H and O–H groups in total. The van der Waals surface area contributed by atoms with E-state index in [4.69, 9.17) is 11.5 Å². The largest absolute Gasteiger partial charge is 0.684 e. The quantitative estimate of drug-likeness (QED) is 0.386. The fourth-order valence-corrected chi connectivity index (χ4v) is 0. The van der Waals surface area contributed by atoms with E-state index in [1.807, 2.05) is 0 Å². The van der Waals surface area contributed by atoms with Crippen LogP contribution in [0.2, 0.25) is 0 Å². The Morgan fingerprint density at radius 2 is 0.909 bits per heavy atom. The molecule has 1 radical (unpaired) electrons. The summed E-state index contributed by atoms with van der Waals surface area (Å²) in [6.45, 7) is 0. The van der Waals surface area contributed by atoms with Crippen LogP contribution in [0.1, 0.15) is 0 Å². The van der Waals surface area contributed by atoms with Gasteiger partial charge in [0.15, 0.2) is 0 Å². The predicted octanol–water partition coefficient (Wildman–Crippen LogP) is 2.50. The monoisotopic (exact) mass is 375 g/mol. The van der Waals surface area contributed by atoms with E-state index in [9.17, 15) is 0 Å². The average Bonchev–Trinajstić information content (AvgIpc) is 1.25.